The van der Waals surface area contributed by atoms with Crippen molar-refractivity contribution in [2.45, 2.75) is 0 Å². The lowest BCUT2D eigenvalue weighted by Crippen LogP contribution is -2.25. The summed E-state index contributed by atoms with van der Waals surface area (Å²) >= 11 is 0. The number of hydrogen-bond acceptors (Lipinski definition) is 4. The van der Waals surface area contributed by atoms with Crippen molar-refractivity contribution in [2.24, 2.45) is 0 Å². The maximum atomic E-state index is 11.5. The molecule has 2 N–H and O–H groups in total. The van der Waals surface area contributed by atoms with E-state index in [0.717, 1.165) is 0 Å². The molecule has 18 heavy (non-hydrogen) atoms. The molecule has 0 radical (unpaired) electrons. The molecule has 1 aliphatic heterocycles. The Balaban J connectivity index is 2.39. The first-order valence-electron chi connectivity index (χ1n) is 5.09. The fraction of sp³-hybridized carbons (Fsp3) is 0.0909. The maximum Gasteiger partial charge on any atom is 0.274 e. The Morgan fingerprint density at radius 1 is 1.50 bits per heavy atom. The molecular formula is C11H10N4O3. The van der Waals surface area contributed by atoms with Gasteiger partial charge in [-0.2, -0.15) is 0 Å². The van der Waals surface area contributed by atoms with Crippen molar-refractivity contribution in [3.8, 4) is 0 Å². The Hall–Kier alpha value is -2.70. The van der Waals surface area contributed by atoms with Crippen LogP contribution < -0.4 is 5.32 Å². The van der Waals surface area contributed by atoms with E-state index in [1.165, 1.54) is 23.1 Å². The fourth-order valence-electron chi connectivity index (χ4n) is 1.58. The maximum absolute atomic E-state index is 11.5. The number of nitrogens with zero attached hydrogens (tertiary/aromatic N) is 2. The number of guanidine groups is 1. The lowest BCUT2D eigenvalue weighted by molar-refractivity contribution is -0.384. The smallest absolute Gasteiger partial charge is 0.274 e. The molecule has 0 unspecified atom stereocenters. The number of carbonyl (C=O) groups is 1. The van der Waals surface area contributed by atoms with Gasteiger partial charge < -0.3 is 4.90 Å². The van der Waals surface area contributed by atoms with Gasteiger partial charge in [0.25, 0.3) is 11.6 Å². The summed E-state index contributed by atoms with van der Waals surface area (Å²) in [5.74, 6) is -0.411. The zero-order chi connectivity index (χ0) is 13.3. The van der Waals surface area contributed by atoms with Gasteiger partial charge >= 0.3 is 0 Å². The highest BCUT2D eigenvalue weighted by molar-refractivity contribution is 6.14. The van der Waals surface area contributed by atoms with E-state index >= 15 is 0 Å². The van der Waals surface area contributed by atoms with Crippen molar-refractivity contribution in [2.75, 3.05) is 7.05 Å². The SMILES string of the molecule is CN1C(=N)NC(=O)/C1=C\c1cccc([N+](=O)[O-])c1. The van der Waals surface area contributed by atoms with Gasteiger partial charge in [-0.1, -0.05) is 12.1 Å². The van der Waals surface area contributed by atoms with Gasteiger partial charge in [0, 0.05) is 19.2 Å². The number of carbonyl (C=O) groups excluding carboxylic acids is 1. The average molecular weight is 246 g/mol. The molecule has 0 aromatic heterocycles. The van der Waals surface area contributed by atoms with Crippen LogP contribution in [0, 0.1) is 15.5 Å². The van der Waals surface area contributed by atoms with Gasteiger partial charge in [0.1, 0.15) is 5.70 Å². The number of benzene rings is 1. The number of nitro benzene ring substituents is 1. The molecule has 7 nitrogen and oxygen atoms in total. The molecule has 0 saturated carbocycles. The first-order valence-corrected chi connectivity index (χ1v) is 5.09. The number of non-ortho nitro benzene ring substituents is 1. The molecule has 2 rings (SSSR count). The quantitative estimate of drug-likeness (QED) is 0.460. The molecule has 1 amide bonds. The molecular weight excluding hydrogens is 236 g/mol. The van der Waals surface area contributed by atoms with Gasteiger partial charge in [-0.05, 0) is 11.6 Å². The van der Waals surface area contributed by atoms with Crippen LogP contribution in [-0.2, 0) is 4.79 Å². The van der Waals surface area contributed by atoms with Crippen molar-refractivity contribution in [1.29, 1.82) is 5.41 Å². The summed E-state index contributed by atoms with van der Waals surface area (Å²) in [5, 5.41) is 20.4. The first-order chi connectivity index (χ1) is 8.49. The highest BCUT2D eigenvalue weighted by Crippen LogP contribution is 2.18. The molecule has 92 valence electrons. The van der Waals surface area contributed by atoms with Crippen LogP contribution in [0.1, 0.15) is 5.56 Å². The summed E-state index contributed by atoms with van der Waals surface area (Å²) < 4.78 is 0. The summed E-state index contributed by atoms with van der Waals surface area (Å²) in [4.78, 5) is 23.0. The normalized spacial score (nSPS) is 17.2. The number of rotatable bonds is 2. The molecule has 0 atom stereocenters. The third-order valence-corrected chi connectivity index (χ3v) is 2.55. The van der Waals surface area contributed by atoms with Crippen molar-refractivity contribution < 1.29 is 9.72 Å². The van der Waals surface area contributed by atoms with E-state index in [1.807, 2.05) is 0 Å². The molecule has 0 bridgehead atoms. The topological polar surface area (TPSA) is 99.3 Å². The number of hydrogen-bond donors (Lipinski definition) is 2. The monoisotopic (exact) mass is 246 g/mol. The van der Waals surface area contributed by atoms with Gasteiger partial charge in [0.2, 0.25) is 5.96 Å². The molecule has 1 aliphatic rings. The van der Waals surface area contributed by atoms with Crippen LogP contribution in [0.5, 0.6) is 0 Å². The molecule has 1 saturated heterocycles. The van der Waals surface area contributed by atoms with Crippen LogP contribution in [0.4, 0.5) is 5.69 Å². The van der Waals surface area contributed by atoms with Crippen molar-refractivity contribution >= 4 is 23.6 Å². The summed E-state index contributed by atoms with van der Waals surface area (Å²) in [7, 11) is 1.57. The van der Waals surface area contributed by atoms with E-state index in [-0.39, 0.29) is 17.3 Å². The highest BCUT2D eigenvalue weighted by atomic mass is 16.6. The predicted molar refractivity (Wildman–Crippen MR) is 64.7 cm³/mol. The van der Waals surface area contributed by atoms with Crippen LogP contribution in [0.2, 0.25) is 0 Å². The largest absolute Gasteiger partial charge is 0.311 e. The zero-order valence-electron chi connectivity index (χ0n) is 9.51. The van der Waals surface area contributed by atoms with Crippen LogP contribution in [0.3, 0.4) is 0 Å². The molecule has 1 heterocycles. The van der Waals surface area contributed by atoms with Crippen molar-refractivity contribution in [3.05, 3.63) is 45.6 Å². The molecule has 1 fully saturated rings. The van der Waals surface area contributed by atoms with Crippen LogP contribution in [0.15, 0.2) is 30.0 Å². The standard InChI is InChI=1S/C11H10N4O3/c1-14-9(10(16)13-11(14)12)6-7-3-2-4-8(5-7)15(17)18/h2-6H,1H3,(H2,12,13,16)/b9-6+. The Morgan fingerprint density at radius 2 is 2.22 bits per heavy atom. The zero-order valence-corrected chi connectivity index (χ0v) is 9.51. The molecule has 0 spiro atoms. The van der Waals surface area contributed by atoms with Crippen LogP contribution in [-0.4, -0.2) is 28.7 Å². The third kappa shape index (κ3) is 2.05. The number of nitro groups is 1. The summed E-state index contributed by atoms with van der Waals surface area (Å²) in [6.45, 7) is 0. The number of nitrogens with one attached hydrogen (secondary N) is 2. The molecule has 1 aromatic rings. The number of likely N-dealkylation sites (N-methyl/N-ethyl adjacent to an activating group) is 1. The summed E-state index contributed by atoms with van der Waals surface area (Å²) in [5.41, 5.74) is 0.775. The third-order valence-electron chi connectivity index (χ3n) is 2.55. The average Bonchev–Trinajstić information content (AvgIpc) is 2.56. The molecule has 7 heteroatoms. The Bertz CT molecular complexity index is 579. The highest BCUT2D eigenvalue weighted by Gasteiger charge is 2.26. The Labute approximate surface area is 102 Å². The van der Waals surface area contributed by atoms with E-state index in [4.69, 9.17) is 5.41 Å². The van der Waals surface area contributed by atoms with Gasteiger partial charge in [0.05, 0.1) is 4.92 Å². The lowest BCUT2D eigenvalue weighted by Gasteiger charge is -2.08. The second-order valence-corrected chi connectivity index (χ2v) is 3.74. The molecule has 0 aliphatic carbocycles. The lowest BCUT2D eigenvalue weighted by atomic mass is 10.1. The van der Waals surface area contributed by atoms with Gasteiger partial charge in [0.15, 0.2) is 0 Å². The van der Waals surface area contributed by atoms with Gasteiger partial charge in [-0.25, -0.2) is 0 Å². The van der Waals surface area contributed by atoms with E-state index in [0.29, 0.717) is 5.56 Å². The van der Waals surface area contributed by atoms with E-state index in [1.54, 1.807) is 19.2 Å². The summed E-state index contributed by atoms with van der Waals surface area (Å²) in [6.07, 6.45) is 1.50. The second-order valence-electron chi connectivity index (χ2n) is 3.74. The minimum absolute atomic E-state index is 0.0170. The van der Waals surface area contributed by atoms with E-state index in [2.05, 4.69) is 5.32 Å². The minimum atomic E-state index is -0.498. The van der Waals surface area contributed by atoms with Gasteiger partial charge in [-0.3, -0.25) is 25.6 Å². The predicted octanol–water partition coefficient (Wildman–Crippen LogP) is 0.932. The van der Waals surface area contributed by atoms with Crippen LogP contribution in [0.25, 0.3) is 6.08 Å². The fourth-order valence-corrected chi connectivity index (χ4v) is 1.58. The van der Waals surface area contributed by atoms with Crippen molar-refractivity contribution in [3.63, 3.8) is 0 Å². The van der Waals surface area contributed by atoms with Crippen molar-refractivity contribution in [1.82, 2.24) is 10.2 Å². The first kappa shape index (κ1) is 11.8. The minimum Gasteiger partial charge on any atom is -0.311 e. The van der Waals surface area contributed by atoms with Crippen LogP contribution >= 0.6 is 0 Å². The Kier molecular flexibility index (Phi) is 2.80. The van der Waals surface area contributed by atoms with E-state index in [9.17, 15) is 14.9 Å². The second kappa shape index (κ2) is 4.28. The van der Waals surface area contributed by atoms with E-state index < -0.39 is 10.8 Å². The van der Waals surface area contributed by atoms with Gasteiger partial charge in [-0.15, -0.1) is 0 Å². The number of amides is 1. The molecule has 1 aromatic carbocycles. The summed E-state index contributed by atoms with van der Waals surface area (Å²) in [6, 6.07) is 5.95. The Morgan fingerprint density at radius 3 is 2.78 bits per heavy atom.